The zero-order valence-electron chi connectivity index (χ0n) is 13.4. The molecular weight excluding hydrogens is 290 g/mol. The van der Waals surface area contributed by atoms with Gasteiger partial charge in [-0.15, -0.1) is 0 Å². The van der Waals surface area contributed by atoms with E-state index in [0.717, 1.165) is 26.3 Å². The number of hydrogen-bond acceptors (Lipinski definition) is 3. The lowest BCUT2D eigenvalue weighted by atomic mass is 9.90. The highest BCUT2D eigenvalue weighted by Crippen LogP contribution is 2.51. The fraction of sp³-hybridized carbons (Fsp3) is 0.579. The monoisotopic (exact) mass is 315 g/mol. The van der Waals surface area contributed by atoms with Gasteiger partial charge >= 0.3 is 0 Å². The first-order chi connectivity index (χ1) is 10.8. The molecule has 1 saturated heterocycles. The number of ether oxygens (including phenoxy) is 1. The first-order valence-electron chi connectivity index (χ1n) is 8.51. The van der Waals surface area contributed by atoms with Crippen molar-refractivity contribution in [1.82, 2.24) is 4.90 Å². The van der Waals surface area contributed by atoms with Gasteiger partial charge in [0.2, 0.25) is 0 Å². The van der Waals surface area contributed by atoms with Gasteiger partial charge in [-0.1, -0.05) is 24.3 Å². The van der Waals surface area contributed by atoms with E-state index in [1.165, 1.54) is 37.1 Å². The Kier molecular flexibility index (Phi) is 4.05. The minimum Gasteiger partial charge on any atom is -0.379 e. The molecule has 1 atom stereocenters. The summed E-state index contributed by atoms with van der Waals surface area (Å²) in [7, 11) is 0. The average molecular weight is 315 g/mol. The number of morpholine rings is 1. The molecule has 2 aliphatic heterocycles. The molecule has 2 heterocycles. The number of benzene rings is 1. The van der Waals surface area contributed by atoms with Gasteiger partial charge in [-0.25, -0.2) is 0 Å². The third-order valence-corrected chi connectivity index (χ3v) is 6.99. The summed E-state index contributed by atoms with van der Waals surface area (Å²) in [4.78, 5) is 2.58. The fourth-order valence-corrected chi connectivity index (χ4v) is 5.47. The van der Waals surface area contributed by atoms with E-state index < -0.39 is 0 Å². The van der Waals surface area contributed by atoms with E-state index in [1.54, 1.807) is 16.7 Å². The molecule has 1 fully saturated rings. The average Bonchev–Trinajstić information content (AvgIpc) is 2.95. The van der Waals surface area contributed by atoms with Crippen LogP contribution >= 0.6 is 11.8 Å². The molecular formula is C19H25NOS. The van der Waals surface area contributed by atoms with Crippen LogP contribution in [0.3, 0.4) is 0 Å². The molecule has 0 spiro atoms. The van der Waals surface area contributed by atoms with Gasteiger partial charge in [0, 0.05) is 17.8 Å². The first-order valence-corrected chi connectivity index (χ1v) is 9.50. The molecule has 0 aromatic heterocycles. The number of nitrogens with zero attached hydrogens (tertiary/aromatic N) is 1. The van der Waals surface area contributed by atoms with Crippen molar-refractivity contribution >= 4 is 17.3 Å². The Bertz CT molecular complexity index is 591. The zero-order valence-corrected chi connectivity index (χ0v) is 14.3. The lowest BCUT2D eigenvalue weighted by Crippen LogP contribution is -2.40. The summed E-state index contributed by atoms with van der Waals surface area (Å²) in [5, 5.41) is 0. The van der Waals surface area contributed by atoms with Gasteiger partial charge in [0.1, 0.15) is 0 Å². The van der Waals surface area contributed by atoms with Crippen LogP contribution in [0.5, 0.6) is 0 Å². The quantitative estimate of drug-likeness (QED) is 0.845. The van der Waals surface area contributed by atoms with Crippen LogP contribution in [0.25, 0.3) is 5.57 Å². The second-order valence-corrected chi connectivity index (χ2v) is 8.42. The summed E-state index contributed by atoms with van der Waals surface area (Å²) in [6, 6.07) is 9.04. The van der Waals surface area contributed by atoms with Crippen molar-refractivity contribution < 1.29 is 4.74 Å². The summed E-state index contributed by atoms with van der Waals surface area (Å²) in [6.45, 7) is 7.71. The van der Waals surface area contributed by atoms with Crippen molar-refractivity contribution in [3.63, 3.8) is 0 Å². The Morgan fingerprint density at radius 2 is 2.05 bits per heavy atom. The maximum atomic E-state index is 5.47. The standard InChI is InChI=1S/C19H25NOS/c1-19(7-8-20-9-11-21-12-10-20)18-14-15-4-2-3-5-16(15)17(18)6-13-22-19/h2-5H,6-14H2,1H3. The predicted molar refractivity (Wildman–Crippen MR) is 94.4 cm³/mol. The molecule has 0 amide bonds. The maximum Gasteiger partial charge on any atom is 0.0594 e. The third-order valence-electron chi connectivity index (χ3n) is 5.49. The van der Waals surface area contributed by atoms with Gasteiger partial charge in [0.05, 0.1) is 13.2 Å². The summed E-state index contributed by atoms with van der Waals surface area (Å²) in [5.41, 5.74) is 6.47. The molecule has 1 unspecified atom stereocenters. The Labute approximate surface area is 137 Å². The molecule has 2 nitrogen and oxygen atoms in total. The van der Waals surface area contributed by atoms with E-state index >= 15 is 0 Å². The van der Waals surface area contributed by atoms with Crippen LogP contribution in [-0.4, -0.2) is 48.2 Å². The van der Waals surface area contributed by atoms with Crippen LogP contribution in [0.2, 0.25) is 0 Å². The van der Waals surface area contributed by atoms with E-state index in [0.29, 0.717) is 4.75 Å². The molecule has 4 rings (SSSR count). The van der Waals surface area contributed by atoms with Crippen LogP contribution in [0.4, 0.5) is 0 Å². The number of hydrogen-bond donors (Lipinski definition) is 0. The second kappa shape index (κ2) is 6.03. The van der Waals surface area contributed by atoms with Crippen molar-refractivity contribution in [3.05, 3.63) is 41.0 Å². The van der Waals surface area contributed by atoms with Gasteiger partial charge in [0.15, 0.2) is 0 Å². The highest BCUT2D eigenvalue weighted by Gasteiger charge is 2.38. The number of fused-ring (bicyclic) bond motifs is 2. The molecule has 0 radical (unpaired) electrons. The molecule has 22 heavy (non-hydrogen) atoms. The van der Waals surface area contributed by atoms with Gasteiger partial charge in [-0.05, 0) is 60.8 Å². The second-order valence-electron chi connectivity index (χ2n) is 6.82. The Morgan fingerprint density at radius 3 is 2.91 bits per heavy atom. The normalized spacial score (nSPS) is 28.6. The van der Waals surface area contributed by atoms with Crippen LogP contribution < -0.4 is 0 Å². The van der Waals surface area contributed by atoms with Crippen molar-refractivity contribution in [2.45, 2.75) is 30.9 Å². The Morgan fingerprint density at radius 1 is 1.23 bits per heavy atom. The minimum absolute atomic E-state index is 0.324. The van der Waals surface area contributed by atoms with Crippen molar-refractivity contribution in [3.8, 4) is 0 Å². The SMILES string of the molecule is CC1(CCN2CCOCC2)SCCC2=C1Cc1ccccc12. The first kappa shape index (κ1) is 14.8. The van der Waals surface area contributed by atoms with Crippen LogP contribution in [0.15, 0.2) is 29.8 Å². The van der Waals surface area contributed by atoms with Crippen molar-refractivity contribution in [2.75, 3.05) is 38.6 Å². The fourth-order valence-electron chi connectivity index (χ4n) is 4.11. The van der Waals surface area contributed by atoms with E-state index in [2.05, 4.69) is 47.9 Å². The molecule has 1 aromatic rings. The zero-order chi connectivity index (χ0) is 15.0. The summed E-state index contributed by atoms with van der Waals surface area (Å²) in [6.07, 6.45) is 3.70. The highest BCUT2D eigenvalue weighted by molar-refractivity contribution is 8.00. The minimum atomic E-state index is 0.324. The number of rotatable bonds is 3. The molecule has 1 aliphatic carbocycles. The lowest BCUT2D eigenvalue weighted by molar-refractivity contribution is 0.0367. The Hall–Kier alpha value is -0.770. The number of allylic oxidation sites excluding steroid dienone is 1. The van der Waals surface area contributed by atoms with E-state index in [1.807, 2.05) is 0 Å². The molecule has 0 N–H and O–H groups in total. The molecule has 1 aromatic carbocycles. The smallest absolute Gasteiger partial charge is 0.0594 e. The third kappa shape index (κ3) is 2.64. The predicted octanol–water partition coefficient (Wildman–Crippen LogP) is 3.61. The largest absolute Gasteiger partial charge is 0.379 e. The van der Waals surface area contributed by atoms with Gasteiger partial charge in [-0.3, -0.25) is 4.90 Å². The van der Waals surface area contributed by atoms with E-state index in [9.17, 15) is 0 Å². The molecule has 3 heteroatoms. The molecule has 0 saturated carbocycles. The van der Waals surface area contributed by atoms with Crippen molar-refractivity contribution in [2.24, 2.45) is 0 Å². The van der Waals surface area contributed by atoms with Gasteiger partial charge in [0.25, 0.3) is 0 Å². The lowest BCUT2D eigenvalue weighted by Gasteiger charge is -2.38. The molecule has 3 aliphatic rings. The summed E-state index contributed by atoms with van der Waals surface area (Å²) in [5.74, 6) is 1.27. The van der Waals surface area contributed by atoms with Gasteiger partial charge < -0.3 is 4.74 Å². The summed E-state index contributed by atoms with van der Waals surface area (Å²) >= 11 is 2.19. The summed E-state index contributed by atoms with van der Waals surface area (Å²) < 4.78 is 5.80. The van der Waals surface area contributed by atoms with Crippen molar-refractivity contribution in [1.29, 1.82) is 0 Å². The maximum absolute atomic E-state index is 5.47. The molecule has 0 bridgehead atoms. The van der Waals surface area contributed by atoms with E-state index in [-0.39, 0.29) is 0 Å². The molecule has 118 valence electrons. The van der Waals surface area contributed by atoms with Crippen LogP contribution in [-0.2, 0) is 11.2 Å². The topological polar surface area (TPSA) is 12.5 Å². The van der Waals surface area contributed by atoms with Crippen LogP contribution in [0, 0.1) is 0 Å². The van der Waals surface area contributed by atoms with Crippen LogP contribution in [0.1, 0.15) is 30.9 Å². The number of thioether (sulfide) groups is 1. The van der Waals surface area contributed by atoms with E-state index in [4.69, 9.17) is 4.74 Å². The Balaban J connectivity index is 1.53. The highest BCUT2D eigenvalue weighted by atomic mass is 32.2. The van der Waals surface area contributed by atoms with Gasteiger partial charge in [-0.2, -0.15) is 11.8 Å².